The molecule has 0 radical (unpaired) electrons. The van der Waals surface area contributed by atoms with Gasteiger partial charge in [0.05, 0.1) is 0 Å². The van der Waals surface area contributed by atoms with Crippen molar-refractivity contribution in [3.05, 3.63) is 28.3 Å². The lowest BCUT2D eigenvalue weighted by Gasteiger charge is -2.41. The second-order valence-electron chi connectivity index (χ2n) is 8.74. The van der Waals surface area contributed by atoms with Gasteiger partial charge in [0, 0.05) is 61.8 Å². The Labute approximate surface area is 185 Å². The maximum atomic E-state index is 12.8. The van der Waals surface area contributed by atoms with Crippen LogP contribution in [0, 0.1) is 12.8 Å². The zero-order valence-electron chi connectivity index (χ0n) is 18.5. The molecule has 6 nitrogen and oxygen atoms in total. The van der Waals surface area contributed by atoms with E-state index in [4.69, 9.17) is 11.6 Å². The number of nitrogens with zero attached hydrogens (tertiary/aromatic N) is 2. The fourth-order valence-corrected chi connectivity index (χ4v) is 4.87. The number of piperazine rings is 1. The first-order valence-corrected chi connectivity index (χ1v) is 11.5. The fraction of sp³-hybridized carbons (Fsp3) is 0.652. The normalized spacial score (nSPS) is 20.5. The van der Waals surface area contributed by atoms with Gasteiger partial charge in [-0.15, -0.1) is 0 Å². The summed E-state index contributed by atoms with van der Waals surface area (Å²) < 4.78 is 0. The Balaban J connectivity index is 1.62. The summed E-state index contributed by atoms with van der Waals surface area (Å²) in [6, 6.07) is 4.02. The van der Waals surface area contributed by atoms with E-state index < -0.39 is 0 Å². The summed E-state index contributed by atoms with van der Waals surface area (Å²) in [5, 5.41) is 6.61. The molecule has 1 aromatic rings. The highest BCUT2D eigenvalue weighted by Crippen LogP contribution is 2.29. The summed E-state index contributed by atoms with van der Waals surface area (Å²) in [6.07, 6.45) is 4.90. The standard InChI is InChI=1S/C23H35ClN4O2/c1-16-14-27(10-11-28(16)23(30)18-6-4-5-7-18)15-19-12-20(24)13-21(17(19)2)26-22(29)8-9-25-3/h12-13,16,18,25H,4-11,14-15H2,1-3H3,(H,26,29)/t16-/m0/s1. The first-order valence-electron chi connectivity index (χ1n) is 11.2. The number of hydrogen-bond donors (Lipinski definition) is 2. The van der Waals surface area contributed by atoms with Crippen molar-refractivity contribution in [1.82, 2.24) is 15.1 Å². The molecule has 166 valence electrons. The van der Waals surface area contributed by atoms with Gasteiger partial charge in [0.2, 0.25) is 11.8 Å². The molecule has 2 aliphatic rings. The smallest absolute Gasteiger partial charge is 0.226 e. The van der Waals surface area contributed by atoms with Crippen LogP contribution in [0.5, 0.6) is 0 Å². The van der Waals surface area contributed by atoms with Crippen LogP contribution in [0.4, 0.5) is 5.69 Å². The van der Waals surface area contributed by atoms with Crippen LogP contribution in [0.15, 0.2) is 12.1 Å². The Hall–Kier alpha value is -1.63. The molecule has 3 rings (SSSR count). The SMILES string of the molecule is CNCCC(=O)Nc1cc(Cl)cc(CN2CCN(C(=O)C3CCCC3)[C@@H](C)C2)c1C. The molecule has 1 saturated carbocycles. The molecule has 1 aromatic carbocycles. The quantitative estimate of drug-likeness (QED) is 0.690. The molecule has 1 heterocycles. The molecule has 1 saturated heterocycles. The lowest BCUT2D eigenvalue weighted by Crippen LogP contribution is -2.54. The number of nitrogens with one attached hydrogen (secondary N) is 2. The third kappa shape index (κ3) is 5.74. The number of rotatable bonds is 7. The second kappa shape index (κ2) is 10.6. The fourth-order valence-electron chi connectivity index (χ4n) is 4.63. The van der Waals surface area contributed by atoms with Gasteiger partial charge in [-0.3, -0.25) is 14.5 Å². The molecular formula is C23H35ClN4O2. The van der Waals surface area contributed by atoms with Crippen molar-refractivity contribution >= 4 is 29.1 Å². The summed E-state index contributed by atoms with van der Waals surface area (Å²) in [7, 11) is 1.83. The van der Waals surface area contributed by atoms with E-state index in [0.717, 1.165) is 55.8 Å². The van der Waals surface area contributed by atoms with Gasteiger partial charge in [0.15, 0.2) is 0 Å². The molecule has 1 aliphatic carbocycles. The number of amides is 2. The monoisotopic (exact) mass is 434 g/mol. The predicted octanol–water partition coefficient (Wildman–Crippen LogP) is 3.42. The van der Waals surface area contributed by atoms with Crippen LogP contribution in [0.2, 0.25) is 5.02 Å². The van der Waals surface area contributed by atoms with E-state index in [1.54, 1.807) is 0 Å². The number of anilines is 1. The van der Waals surface area contributed by atoms with Crippen LogP contribution in [0.3, 0.4) is 0 Å². The van der Waals surface area contributed by atoms with Gasteiger partial charge in [0.1, 0.15) is 0 Å². The van der Waals surface area contributed by atoms with Gasteiger partial charge in [-0.2, -0.15) is 0 Å². The van der Waals surface area contributed by atoms with E-state index in [1.807, 2.05) is 26.1 Å². The minimum atomic E-state index is -0.0201. The maximum absolute atomic E-state index is 12.8. The summed E-state index contributed by atoms with van der Waals surface area (Å²) >= 11 is 6.36. The van der Waals surface area contributed by atoms with Crippen molar-refractivity contribution < 1.29 is 9.59 Å². The minimum absolute atomic E-state index is 0.0201. The molecule has 0 aromatic heterocycles. The van der Waals surface area contributed by atoms with Gasteiger partial charge >= 0.3 is 0 Å². The van der Waals surface area contributed by atoms with Gasteiger partial charge in [0.25, 0.3) is 0 Å². The average molecular weight is 435 g/mol. The van der Waals surface area contributed by atoms with Gasteiger partial charge < -0.3 is 15.5 Å². The van der Waals surface area contributed by atoms with Crippen molar-refractivity contribution in [2.45, 2.75) is 58.5 Å². The maximum Gasteiger partial charge on any atom is 0.226 e. The van der Waals surface area contributed by atoms with E-state index >= 15 is 0 Å². The predicted molar refractivity (Wildman–Crippen MR) is 122 cm³/mol. The van der Waals surface area contributed by atoms with E-state index in [9.17, 15) is 9.59 Å². The molecule has 0 bridgehead atoms. The second-order valence-corrected chi connectivity index (χ2v) is 9.17. The van der Waals surface area contributed by atoms with Crippen LogP contribution < -0.4 is 10.6 Å². The molecule has 7 heteroatoms. The summed E-state index contributed by atoms with van der Waals surface area (Å²) in [4.78, 5) is 29.5. The minimum Gasteiger partial charge on any atom is -0.337 e. The van der Waals surface area contributed by atoms with E-state index in [-0.39, 0.29) is 17.9 Å². The zero-order valence-corrected chi connectivity index (χ0v) is 19.2. The van der Waals surface area contributed by atoms with Crippen molar-refractivity contribution in [2.24, 2.45) is 5.92 Å². The first-order chi connectivity index (χ1) is 14.4. The Bertz CT molecular complexity index is 764. The highest BCUT2D eigenvalue weighted by atomic mass is 35.5. The van der Waals surface area contributed by atoms with Crippen LogP contribution in [0.25, 0.3) is 0 Å². The molecule has 2 amide bonds. The largest absolute Gasteiger partial charge is 0.337 e. The Morgan fingerprint density at radius 3 is 2.60 bits per heavy atom. The molecule has 1 atom stereocenters. The van der Waals surface area contributed by atoms with Crippen LogP contribution in [0.1, 0.15) is 50.2 Å². The number of carbonyl (C=O) groups is 2. The third-order valence-corrected chi connectivity index (χ3v) is 6.67. The number of hydrogen-bond acceptors (Lipinski definition) is 4. The highest BCUT2D eigenvalue weighted by molar-refractivity contribution is 6.31. The molecule has 2 N–H and O–H groups in total. The summed E-state index contributed by atoms with van der Waals surface area (Å²) in [5.74, 6) is 0.571. The topological polar surface area (TPSA) is 64.7 Å². The van der Waals surface area contributed by atoms with Crippen molar-refractivity contribution in [1.29, 1.82) is 0 Å². The summed E-state index contributed by atoms with van der Waals surface area (Å²) in [6.45, 7) is 8.08. The van der Waals surface area contributed by atoms with Gasteiger partial charge in [-0.25, -0.2) is 0 Å². The van der Waals surface area contributed by atoms with Crippen molar-refractivity contribution in [2.75, 3.05) is 38.5 Å². The van der Waals surface area contributed by atoms with Crippen molar-refractivity contribution in [3.8, 4) is 0 Å². The number of carbonyl (C=O) groups excluding carboxylic acids is 2. The summed E-state index contributed by atoms with van der Waals surface area (Å²) in [5.41, 5.74) is 2.95. The van der Waals surface area contributed by atoms with Gasteiger partial charge in [-0.05, 0) is 57.0 Å². The number of benzene rings is 1. The molecular weight excluding hydrogens is 400 g/mol. The Morgan fingerprint density at radius 2 is 1.93 bits per heavy atom. The Kier molecular flexibility index (Phi) is 8.14. The molecule has 1 aliphatic heterocycles. The van der Waals surface area contributed by atoms with E-state index in [0.29, 0.717) is 23.9 Å². The van der Waals surface area contributed by atoms with Crippen molar-refractivity contribution in [3.63, 3.8) is 0 Å². The molecule has 0 spiro atoms. The Morgan fingerprint density at radius 1 is 1.20 bits per heavy atom. The zero-order chi connectivity index (χ0) is 21.7. The van der Waals surface area contributed by atoms with E-state index in [1.165, 1.54) is 12.8 Å². The van der Waals surface area contributed by atoms with E-state index in [2.05, 4.69) is 27.4 Å². The average Bonchev–Trinajstić information content (AvgIpc) is 3.24. The highest BCUT2D eigenvalue weighted by Gasteiger charge is 2.33. The van der Waals surface area contributed by atoms with Crippen LogP contribution in [-0.4, -0.2) is 60.9 Å². The molecule has 2 fully saturated rings. The van der Waals surface area contributed by atoms with Gasteiger partial charge in [-0.1, -0.05) is 24.4 Å². The lowest BCUT2D eigenvalue weighted by atomic mass is 10.0. The van der Waals surface area contributed by atoms with Crippen LogP contribution in [-0.2, 0) is 16.1 Å². The molecule has 30 heavy (non-hydrogen) atoms. The first kappa shape index (κ1) is 23.0. The lowest BCUT2D eigenvalue weighted by molar-refractivity contribution is -0.140. The third-order valence-electron chi connectivity index (χ3n) is 6.45. The van der Waals surface area contributed by atoms with Crippen LogP contribution >= 0.6 is 11.6 Å². The molecule has 0 unspecified atom stereocenters. The number of halogens is 1.